The second-order valence-electron chi connectivity index (χ2n) is 9.01. The van der Waals surface area contributed by atoms with Crippen LogP contribution in [0.4, 0.5) is 10.2 Å². The molecule has 1 saturated heterocycles. The molecule has 3 aromatic rings. The van der Waals surface area contributed by atoms with Gasteiger partial charge in [-0.15, -0.1) is 0 Å². The van der Waals surface area contributed by atoms with E-state index in [-0.39, 0.29) is 46.9 Å². The molecule has 3 atom stereocenters. The minimum Gasteiger partial charge on any atom is -0.507 e. The van der Waals surface area contributed by atoms with Gasteiger partial charge < -0.3 is 25.0 Å². The average molecular weight is 517 g/mol. The van der Waals surface area contributed by atoms with Crippen LogP contribution in [0.1, 0.15) is 13.0 Å². The van der Waals surface area contributed by atoms with Gasteiger partial charge in [-0.3, -0.25) is 9.47 Å². The molecule has 36 heavy (non-hydrogen) atoms. The van der Waals surface area contributed by atoms with Crippen molar-refractivity contribution in [3.8, 4) is 22.6 Å². The number of aromatic hydroxyl groups is 1. The molecule has 2 aliphatic heterocycles. The zero-order chi connectivity index (χ0) is 25.7. The van der Waals surface area contributed by atoms with Crippen LogP contribution in [0.15, 0.2) is 41.7 Å². The van der Waals surface area contributed by atoms with E-state index in [2.05, 4.69) is 11.6 Å². The number of aliphatic hydroxyl groups is 2. The van der Waals surface area contributed by atoms with Crippen molar-refractivity contribution < 1.29 is 24.4 Å². The summed E-state index contributed by atoms with van der Waals surface area (Å²) in [6.45, 7) is 6.63. The number of aliphatic hydroxyl groups excluding tert-OH is 2. The maximum Gasteiger partial charge on any atom is 0.350 e. The lowest BCUT2D eigenvalue weighted by molar-refractivity contribution is 0.0296. The van der Waals surface area contributed by atoms with Gasteiger partial charge in [-0.1, -0.05) is 24.2 Å². The molecule has 0 spiro atoms. The standard InChI is InChI=1S/C25H26ClFN4O5/c1-3-19(34)29-7-8-30(13(2)10-29)24-15-9-16(26)20(21-17(27)5-4-6-18(21)33)23-22(15)31(25(35)28-24)14(11-32)12-36-23/h3-6,9,13-14,19,32-34H,1,7-8,10-12H2,2H3/t13-,14-,19?/m0/s1. The smallest absolute Gasteiger partial charge is 0.350 e. The second kappa shape index (κ2) is 9.36. The number of halogens is 2. The number of benzene rings is 2. The zero-order valence-corrected chi connectivity index (χ0v) is 20.3. The fourth-order valence-electron chi connectivity index (χ4n) is 5.10. The molecule has 3 heterocycles. The van der Waals surface area contributed by atoms with Crippen molar-refractivity contribution in [2.24, 2.45) is 0 Å². The third kappa shape index (κ3) is 3.81. The Hall–Kier alpha value is -3.18. The highest BCUT2D eigenvalue weighted by molar-refractivity contribution is 6.35. The van der Waals surface area contributed by atoms with Gasteiger partial charge in [-0.05, 0) is 31.2 Å². The van der Waals surface area contributed by atoms with Crippen LogP contribution in [0.3, 0.4) is 0 Å². The number of nitrogens with zero attached hydrogens (tertiary/aromatic N) is 4. The van der Waals surface area contributed by atoms with Crippen LogP contribution in [0.25, 0.3) is 22.0 Å². The van der Waals surface area contributed by atoms with Crippen LogP contribution in [-0.4, -0.2) is 74.9 Å². The monoisotopic (exact) mass is 516 g/mol. The van der Waals surface area contributed by atoms with Crippen molar-refractivity contribution in [3.63, 3.8) is 0 Å². The zero-order valence-electron chi connectivity index (χ0n) is 19.6. The van der Waals surface area contributed by atoms with Crippen molar-refractivity contribution in [1.29, 1.82) is 0 Å². The van der Waals surface area contributed by atoms with Crippen LogP contribution in [0, 0.1) is 5.82 Å². The predicted molar refractivity (Wildman–Crippen MR) is 134 cm³/mol. The lowest BCUT2D eigenvalue weighted by atomic mass is 9.98. The number of hydrogen-bond acceptors (Lipinski definition) is 8. The van der Waals surface area contributed by atoms with Gasteiger partial charge in [0.25, 0.3) is 0 Å². The molecular weight excluding hydrogens is 491 g/mol. The third-order valence-corrected chi connectivity index (χ3v) is 7.15. The summed E-state index contributed by atoms with van der Waals surface area (Å²) in [5.41, 5.74) is -0.293. The van der Waals surface area contributed by atoms with E-state index in [9.17, 15) is 24.5 Å². The molecule has 190 valence electrons. The van der Waals surface area contributed by atoms with Crippen LogP contribution in [-0.2, 0) is 0 Å². The Balaban J connectivity index is 1.76. The molecule has 1 unspecified atom stereocenters. The Kier molecular flexibility index (Phi) is 6.37. The van der Waals surface area contributed by atoms with Gasteiger partial charge in [0.15, 0.2) is 5.75 Å². The number of phenolic OH excluding ortho intramolecular Hbond substituents is 1. The first-order valence-corrected chi connectivity index (χ1v) is 12.0. The molecule has 11 heteroatoms. The molecule has 2 aliphatic rings. The van der Waals surface area contributed by atoms with E-state index in [1.165, 1.54) is 28.8 Å². The van der Waals surface area contributed by atoms with Crippen LogP contribution in [0.5, 0.6) is 11.5 Å². The van der Waals surface area contributed by atoms with Gasteiger partial charge in [-0.2, -0.15) is 4.98 Å². The maximum atomic E-state index is 14.9. The largest absolute Gasteiger partial charge is 0.507 e. The lowest BCUT2D eigenvalue weighted by Gasteiger charge is -2.42. The van der Waals surface area contributed by atoms with Crippen molar-refractivity contribution in [1.82, 2.24) is 14.5 Å². The highest BCUT2D eigenvalue weighted by atomic mass is 35.5. The summed E-state index contributed by atoms with van der Waals surface area (Å²) in [6, 6.07) is 4.67. The highest BCUT2D eigenvalue weighted by Crippen LogP contribution is 2.49. The number of phenols is 1. The topological polar surface area (TPSA) is 111 Å². The molecule has 0 amide bonds. The molecule has 3 N–H and O–H groups in total. The van der Waals surface area contributed by atoms with Crippen molar-refractivity contribution in [3.05, 3.63) is 58.2 Å². The molecule has 0 radical (unpaired) electrons. The molecule has 0 saturated carbocycles. The maximum absolute atomic E-state index is 14.9. The van der Waals surface area contributed by atoms with E-state index in [1.807, 2.05) is 16.7 Å². The first-order valence-electron chi connectivity index (χ1n) is 11.6. The Labute approximate surface area is 211 Å². The van der Waals surface area contributed by atoms with Crippen molar-refractivity contribution in [2.75, 3.05) is 37.7 Å². The Morgan fingerprint density at radius 1 is 1.36 bits per heavy atom. The first-order chi connectivity index (χ1) is 17.3. The number of ether oxygens (including phenoxy) is 1. The fraction of sp³-hybridized carbons (Fsp3) is 0.360. The highest BCUT2D eigenvalue weighted by Gasteiger charge is 2.34. The number of piperazine rings is 1. The number of rotatable bonds is 5. The van der Waals surface area contributed by atoms with Gasteiger partial charge in [-0.25, -0.2) is 9.18 Å². The number of anilines is 1. The van der Waals surface area contributed by atoms with E-state index in [0.717, 1.165) is 0 Å². The van der Waals surface area contributed by atoms with E-state index in [1.54, 1.807) is 6.07 Å². The summed E-state index contributed by atoms with van der Waals surface area (Å²) in [4.78, 5) is 21.5. The number of aromatic nitrogens is 2. The summed E-state index contributed by atoms with van der Waals surface area (Å²) in [5.74, 6) is -0.513. The third-order valence-electron chi connectivity index (χ3n) is 6.85. The fourth-order valence-corrected chi connectivity index (χ4v) is 5.39. The van der Waals surface area contributed by atoms with Gasteiger partial charge in [0.1, 0.15) is 30.2 Å². The molecule has 0 aliphatic carbocycles. The summed E-state index contributed by atoms with van der Waals surface area (Å²) in [5, 5.41) is 31.2. The second-order valence-corrected chi connectivity index (χ2v) is 9.42. The summed E-state index contributed by atoms with van der Waals surface area (Å²) < 4.78 is 22.2. The Morgan fingerprint density at radius 3 is 2.81 bits per heavy atom. The molecular formula is C25H26ClFN4O5. The molecule has 5 rings (SSSR count). The van der Waals surface area contributed by atoms with E-state index < -0.39 is 23.8 Å². The van der Waals surface area contributed by atoms with Crippen LogP contribution < -0.4 is 15.3 Å². The van der Waals surface area contributed by atoms with E-state index in [4.69, 9.17) is 16.3 Å². The molecule has 1 fully saturated rings. The van der Waals surface area contributed by atoms with Crippen LogP contribution in [0.2, 0.25) is 5.02 Å². The van der Waals surface area contributed by atoms with Crippen molar-refractivity contribution >= 4 is 28.3 Å². The molecule has 0 bridgehead atoms. The van der Waals surface area contributed by atoms with Gasteiger partial charge >= 0.3 is 5.69 Å². The minimum absolute atomic E-state index is 0.0589. The van der Waals surface area contributed by atoms with Gasteiger partial charge in [0, 0.05) is 31.1 Å². The van der Waals surface area contributed by atoms with Crippen molar-refractivity contribution in [2.45, 2.75) is 25.2 Å². The summed E-state index contributed by atoms with van der Waals surface area (Å²) in [7, 11) is 0. The molecule has 1 aromatic heterocycles. The van der Waals surface area contributed by atoms with E-state index in [0.29, 0.717) is 36.4 Å². The lowest BCUT2D eigenvalue weighted by Crippen LogP contribution is -2.55. The normalized spacial score (nSPS) is 20.9. The molecule has 9 nitrogen and oxygen atoms in total. The average Bonchev–Trinajstić information content (AvgIpc) is 2.86. The number of hydrogen-bond donors (Lipinski definition) is 3. The first kappa shape index (κ1) is 24.5. The van der Waals surface area contributed by atoms with Crippen LogP contribution >= 0.6 is 11.6 Å². The SMILES string of the molecule is C=CC(O)N1CCN(c2nc(=O)n3c4c(c(-c5c(O)cccc5F)c(Cl)cc24)OC[C@@H]3CO)[C@@H](C)C1. The van der Waals surface area contributed by atoms with E-state index >= 15 is 0 Å². The van der Waals surface area contributed by atoms with Gasteiger partial charge in [0.2, 0.25) is 0 Å². The quantitative estimate of drug-likeness (QED) is 0.444. The Bertz CT molecular complexity index is 1390. The molecule has 2 aromatic carbocycles. The predicted octanol–water partition coefficient (Wildman–Crippen LogP) is 2.50. The minimum atomic E-state index is -0.784. The summed E-state index contributed by atoms with van der Waals surface area (Å²) >= 11 is 6.69. The van der Waals surface area contributed by atoms with Gasteiger partial charge in [0.05, 0.1) is 34.3 Å². The summed E-state index contributed by atoms with van der Waals surface area (Å²) in [6.07, 6.45) is 0.676. The Morgan fingerprint density at radius 2 is 2.14 bits per heavy atom.